The van der Waals surface area contributed by atoms with Gasteiger partial charge in [0, 0.05) is 16.8 Å². The van der Waals surface area contributed by atoms with E-state index >= 15 is 0 Å². The number of rotatable bonds is 3. The standard InChI is InChI=1S/C22H18F3N5O/c1-11-6-7-15(27-21(31)13-4-3-5-14(9-13)22(23,24)25)10-16(11)17-8-12(2)18-19(26)29-30-20(18)28-17/h3-10H,1-2H3,(H,27,31)(H3,26,28,29,30). The first-order chi connectivity index (χ1) is 14.6. The van der Waals surface area contributed by atoms with Crippen LogP contribution in [0.3, 0.4) is 0 Å². The topological polar surface area (TPSA) is 96.7 Å². The molecule has 0 saturated heterocycles. The van der Waals surface area contributed by atoms with Crippen LogP contribution >= 0.6 is 0 Å². The molecule has 0 aliphatic rings. The smallest absolute Gasteiger partial charge is 0.382 e. The molecule has 4 N–H and O–H groups in total. The molecule has 0 atom stereocenters. The predicted molar refractivity (Wildman–Crippen MR) is 113 cm³/mol. The predicted octanol–water partition coefficient (Wildman–Crippen LogP) is 5.10. The van der Waals surface area contributed by atoms with Gasteiger partial charge in [-0.15, -0.1) is 0 Å². The fourth-order valence-corrected chi connectivity index (χ4v) is 3.40. The second kappa shape index (κ2) is 7.42. The minimum Gasteiger partial charge on any atom is -0.382 e. The summed E-state index contributed by atoms with van der Waals surface area (Å²) < 4.78 is 38.8. The van der Waals surface area contributed by atoms with Crippen molar-refractivity contribution in [1.82, 2.24) is 15.2 Å². The molecule has 2 aromatic carbocycles. The molecule has 0 aliphatic heterocycles. The molecule has 1 amide bonds. The van der Waals surface area contributed by atoms with Gasteiger partial charge in [0.15, 0.2) is 11.5 Å². The highest BCUT2D eigenvalue weighted by Gasteiger charge is 2.30. The maximum atomic E-state index is 12.9. The van der Waals surface area contributed by atoms with Crippen molar-refractivity contribution in [3.63, 3.8) is 0 Å². The number of nitrogens with zero attached hydrogens (tertiary/aromatic N) is 2. The van der Waals surface area contributed by atoms with Crippen LogP contribution in [0.25, 0.3) is 22.3 Å². The van der Waals surface area contributed by atoms with Gasteiger partial charge in [0.25, 0.3) is 5.91 Å². The lowest BCUT2D eigenvalue weighted by atomic mass is 10.0. The molecule has 2 heterocycles. The van der Waals surface area contributed by atoms with Crippen LogP contribution in [0.15, 0.2) is 48.5 Å². The molecule has 0 bridgehead atoms. The fraction of sp³-hybridized carbons (Fsp3) is 0.136. The van der Waals surface area contributed by atoms with Crippen LogP contribution in [0.2, 0.25) is 0 Å². The summed E-state index contributed by atoms with van der Waals surface area (Å²) in [6, 6.07) is 11.4. The van der Waals surface area contributed by atoms with E-state index < -0.39 is 17.6 Å². The van der Waals surface area contributed by atoms with Gasteiger partial charge in [0.1, 0.15) is 0 Å². The number of H-pyrrole nitrogens is 1. The third kappa shape index (κ3) is 3.94. The molecule has 0 saturated carbocycles. The number of aryl methyl sites for hydroxylation is 2. The lowest BCUT2D eigenvalue weighted by Crippen LogP contribution is -2.14. The van der Waals surface area contributed by atoms with Gasteiger partial charge in [0.05, 0.1) is 16.6 Å². The maximum Gasteiger partial charge on any atom is 0.416 e. The van der Waals surface area contributed by atoms with Crippen molar-refractivity contribution in [2.45, 2.75) is 20.0 Å². The Bertz CT molecular complexity index is 1310. The molecular formula is C22H18F3N5O. The first-order valence-electron chi connectivity index (χ1n) is 9.34. The Morgan fingerprint density at radius 2 is 1.84 bits per heavy atom. The molecule has 0 spiro atoms. The molecule has 6 nitrogen and oxygen atoms in total. The Labute approximate surface area is 175 Å². The van der Waals surface area contributed by atoms with E-state index in [1.54, 1.807) is 18.2 Å². The minimum absolute atomic E-state index is 0.0831. The second-order valence-electron chi connectivity index (χ2n) is 7.22. The van der Waals surface area contributed by atoms with E-state index in [1.165, 1.54) is 12.1 Å². The summed E-state index contributed by atoms with van der Waals surface area (Å²) in [7, 11) is 0. The number of aromatic nitrogens is 3. The van der Waals surface area contributed by atoms with Crippen molar-refractivity contribution in [3.8, 4) is 11.3 Å². The van der Waals surface area contributed by atoms with E-state index in [9.17, 15) is 18.0 Å². The van der Waals surface area contributed by atoms with Gasteiger partial charge in [-0.2, -0.15) is 18.3 Å². The van der Waals surface area contributed by atoms with E-state index in [0.29, 0.717) is 22.8 Å². The van der Waals surface area contributed by atoms with Gasteiger partial charge < -0.3 is 11.1 Å². The van der Waals surface area contributed by atoms with E-state index in [4.69, 9.17) is 5.73 Å². The van der Waals surface area contributed by atoms with Crippen LogP contribution in [0.5, 0.6) is 0 Å². The second-order valence-corrected chi connectivity index (χ2v) is 7.22. The lowest BCUT2D eigenvalue weighted by molar-refractivity contribution is -0.137. The van der Waals surface area contributed by atoms with Gasteiger partial charge in [-0.1, -0.05) is 12.1 Å². The number of nitrogens with two attached hydrogens (primary N) is 1. The summed E-state index contributed by atoms with van der Waals surface area (Å²) in [6.07, 6.45) is -4.52. The maximum absolute atomic E-state index is 12.9. The van der Waals surface area contributed by atoms with Gasteiger partial charge in [-0.25, -0.2) is 4.98 Å². The molecule has 0 fully saturated rings. The normalized spacial score (nSPS) is 11.6. The molecule has 0 aliphatic carbocycles. The zero-order valence-corrected chi connectivity index (χ0v) is 16.6. The van der Waals surface area contributed by atoms with E-state index in [0.717, 1.165) is 34.2 Å². The number of halogens is 3. The monoisotopic (exact) mass is 425 g/mol. The summed E-state index contributed by atoms with van der Waals surface area (Å²) in [6.45, 7) is 3.80. The minimum atomic E-state index is -4.52. The third-order valence-electron chi connectivity index (χ3n) is 4.98. The number of benzene rings is 2. The number of hydrogen-bond acceptors (Lipinski definition) is 4. The van der Waals surface area contributed by atoms with Crippen molar-refractivity contribution in [2.24, 2.45) is 0 Å². The van der Waals surface area contributed by atoms with Gasteiger partial charge in [-0.3, -0.25) is 9.89 Å². The van der Waals surface area contributed by atoms with Gasteiger partial charge >= 0.3 is 6.18 Å². The number of fused-ring (bicyclic) bond motifs is 1. The summed E-state index contributed by atoms with van der Waals surface area (Å²) in [5, 5.41) is 10.2. The third-order valence-corrected chi connectivity index (χ3v) is 4.98. The molecular weight excluding hydrogens is 407 g/mol. The van der Waals surface area contributed by atoms with Crippen molar-refractivity contribution < 1.29 is 18.0 Å². The Kier molecular flexibility index (Phi) is 4.88. The number of hydrogen-bond donors (Lipinski definition) is 3. The number of amides is 1. The van der Waals surface area contributed by atoms with Crippen LogP contribution in [0.4, 0.5) is 24.7 Å². The number of carbonyl (C=O) groups excluding carboxylic acids is 1. The number of nitrogens with one attached hydrogen (secondary N) is 2. The largest absolute Gasteiger partial charge is 0.416 e. The number of alkyl halides is 3. The van der Waals surface area contributed by atoms with Crippen LogP contribution in [-0.4, -0.2) is 21.1 Å². The average molecular weight is 425 g/mol. The zero-order valence-electron chi connectivity index (χ0n) is 16.6. The van der Waals surface area contributed by atoms with Crippen LogP contribution < -0.4 is 11.1 Å². The van der Waals surface area contributed by atoms with E-state index in [-0.39, 0.29) is 5.56 Å². The fourth-order valence-electron chi connectivity index (χ4n) is 3.40. The van der Waals surface area contributed by atoms with Crippen LogP contribution in [-0.2, 0) is 6.18 Å². The number of nitrogen functional groups attached to an aromatic ring is 1. The average Bonchev–Trinajstić information content (AvgIpc) is 3.10. The summed E-state index contributed by atoms with van der Waals surface area (Å²) in [5.74, 6) is -0.271. The number of carbonyl (C=O) groups is 1. The molecule has 0 radical (unpaired) electrons. The Hall–Kier alpha value is -3.88. The van der Waals surface area contributed by atoms with E-state index in [2.05, 4.69) is 20.5 Å². The molecule has 0 unspecified atom stereocenters. The molecule has 2 aromatic heterocycles. The summed E-state index contributed by atoms with van der Waals surface area (Å²) in [4.78, 5) is 17.1. The quantitative estimate of drug-likeness (QED) is 0.426. The zero-order chi connectivity index (χ0) is 22.3. The molecule has 4 aromatic rings. The number of anilines is 2. The van der Waals surface area contributed by atoms with Crippen molar-refractivity contribution >= 4 is 28.4 Å². The molecule has 4 rings (SSSR count). The highest BCUT2D eigenvalue weighted by molar-refractivity contribution is 6.04. The SMILES string of the molecule is Cc1ccc(NC(=O)c2cccc(C(F)(F)F)c2)cc1-c1cc(C)c2c(N)n[nH]c2n1. The molecule has 158 valence electrons. The van der Waals surface area contributed by atoms with Crippen molar-refractivity contribution in [2.75, 3.05) is 11.1 Å². The number of pyridine rings is 1. The van der Waals surface area contributed by atoms with Gasteiger partial charge in [0.2, 0.25) is 0 Å². The first kappa shape index (κ1) is 20.4. The van der Waals surface area contributed by atoms with Crippen molar-refractivity contribution in [3.05, 3.63) is 70.8 Å². The highest BCUT2D eigenvalue weighted by atomic mass is 19.4. The number of aromatic amines is 1. The van der Waals surface area contributed by atoms with Crippen molar-refractivity contribution in [1.29, 1.82) is 0 Å². The Morgan fingerprint density at radius 1 is 1.06 bits per heavy atom. The van der Waals surface area contributed by atoms with Gasteiger partial charge in [-0.05, 0) is 61.4 Å². The first-order valence-corrected chi connectivity index (χ1v) is 9.34. The summed E-state index contributed by atoms with van der Waals surface area (Å²) in [5.41, 5.74) is 9.11. The van der Waals surface area contributed by atoms with E-state index in [1.807, 2.05) is 19.9 Å². The Balaban J connectivity index is 1.67. The molecule has 31 heavy (non-hydrogen) atoms. The van der Waals surface area contributed by atoms with Crippen LogP contribution in [0, 0.1) is 13.8 Å². The highest BCUT2D eigenvalue weighted by Crippen LogP contribution is 2.31. The Morgan fingerprint density at radius 3 is 2.58 bits per heavy atom. The lowest BCUT2D eigenvalue weighted by Gasteiger charge is -2.12. The van der Waals surface area contributed by atoms with Crippen LogP contribution in [0.1, 0.15) is 27.0 Å². The summed E-state index contributed by atoms with van der Waals surface area (Å²) >= 11 is 0. The molecule has 9 heteroatoms.